The Morgan fingerprint density at radius 2 is 1.32 bits per heavy atom. The van der Waals surface area contributed by atoms with Crippen LogP contribution in [0.3, 0.4) is 0 Å². The monoisotopic (exact) mass is 1140 g/mol. The van der Waals surface area contributed by atoms with E-state index >= 15 is 0 Å². The molecule has 0 aromatic heterocycles. The van der Waals surface area contributed by atoms with Gasteiger partial charge in [-0.15, -0.1) is 0 Å². The van der Waals surface area contributed by atoms with E-state index in [1.165, 1.54) is 28.5 Å². The number of carboxylic acids is 1. The van der Waals surface area contributed by atoms with Crippen LogP contribution in [0.25, 0.3) is 5.57 Å². The number of benzene rings is 1. The predicted molar refractivity (Wildman–Crippen MR) is 298 cm³/mol. The van der Waals surface area contributed by atoms with Crippen molar-refractivity contribution < 1.29 is 58.2 Å². The van der Waals surface area contributed by atoms with Gasteiger partial charge in [0.25, 0.3) is 0 Å². The van der Waals surface area contributed by atoms with Crippen LogP contribution in [0, 0.1) is 5.92 Å². The van der Waals surface area contributed by atoms with E-state index in [1.807, 2.05) is 32.2 Å². The first-order chi connectivity index (χ1) is 38.1. The first kappa shape index (κ1) is 65.6. The highest BCUT2D eigenvalue weighted by atomic mass is 32.2. The van der Waals surface area contributed by atoms with Crippen molar-refractivity contribution in [1.29, 1.82) is 0 Å². The smallest absolute Gasteiger partial charge is 0.325 e. The molecule has 0 spiro atoms. The molecule has 0 radical (unpaired) electrons. The summed E-state index contributed by atoms with van der Waals surface area (Å²) in [6.07, 6.45) is 4.75. The van der Waals surface area contributed by atoms with Gasteiger partial charge in [-0.2, -0.15) is 11.8 Å². The van der Waals surface area contributed by atoms with Crippen LogP contribution in [-0.4, -0.2) is 197 Å². The number of hydrogen-bond acceptors (Lipinski definition) is 16. The van der Waals surface area contributed by atoms with Gasteiger partial charge in [0.2, 0.25) is 53.2 Å². The Morgan fingerprint density at radius 3 is 1.95 bits per heavy atom. The summed E-state index contributed by atoms with van der Waals surface area (Å²) in [5, 5.41) is 39.2. The molecular weight excluding hydrogens is 1060 g/mol. The van der Waals surface area contributed by atoms with E-state index in [0.29, 0.717) is 55.3 Å². The fourth-order valence-corrected chi connectivity index (χ4v) is 10.1. The van der Waals surface area contributed by atoms with Crippen LogP contribution in [0.4, 0.5) is 0 Å². The minimum absolute atomic E-state index is 0.0516. The average molecular weight is 1140 g/mol. The predicted octanol–water partition coefficient (Wildman–Crippen LogP) is -4.73. The minimum Gasteiger partial charge on any atom is -0.480 e. The summed E-state index contributed by atoms with van der Waals surface area (Å²) in [5.74, 6) is -7.32. The standard InChI is InChI=1S/C52H83N15O12S/c1-29(2)24-38(64-46(73)39(28-68)65-43(70)33(54)18-23-80-4)50(77)66-21-10-16-40(66)47(74)59-27-42(69)61-35(15-9-20-57-52(55)56)44(71)63-37(25-31-26-58-34-13-6-5-12-32(31)34)45(72)62-36(14-7-8-19-53)49(76)67-22-11-17-41(67)48(75)60-30(3)51(78)79/h5-6,12-13,29-30,33,35-41,68H,7-11,14-28,53-54H2,1-4H3,(H,59,74)(H,60,75)(H,61,69)(H,62,72)(H,63,71)(H,64,73)(H,65,70)(H,78,79)(H4,55,56,57)/t30-,33-,35-,36-,37-,38-,39-,40-,41-/m0/s1. The van der Waals surface area contributed by atoms with Crippen LogP contribution in [0.5, 0.6) is 0 Å². The maximum atomic E-state index is 14.6. The van der Waals surface area contributed by atoms with Crippen LogP contribution in [0.15, 0.2) is 34.3 Å². The fraction of sp³-hybridized carbons (Fsp3) is 0.654. The van der Waals surface area contributed by atoms with E-state index in [-0.39, 0.29) is 83.0 Å². The molecular formula is C52H83N15O12S. The number of nitrogens with zero attached hydrogens (tertiary/aromatic N) is 4. The first-order valence-electron chi connectivity index (χ1n) is 27.3. The van der Waals surface area contributed by atoms with E-state index in [0.717, 1.165) is 5.22 Å². The molecule has 1 aromatic rings. The van der Waals surface area contributed by atoms with Gasteiger partial charge in [-0.05, 0) is 114 Å². The normalized spacial score (nSPS) is 18.2. The molecule has 3 aliphatic rings. The molecule has 28 heteroatoms. The molecule has 0 unspecified atom stereocenters. The molecule has 2 fully saturated rings. The van der Waals surface area contributed by atoms with Gasteiger partial charge in [0.05, 0.1) is 31.1 Å². The lowest BCUT2D eigenvalue weighted by molar-refractivity contribution is -0.144. The Hall–Kier alpha value is -6.91. The fourth-order valence-electron chi connectivity index (χ4n) is 9.60. The van der Waals surface area contributed by atoms with Crippen LogP contribution in [0.1, 0.15) is 97.8 Å². The number of para-hydroxylation sites is 1. The van der Waals surface area contributed by atoms with E-state index in [9.17, 15) is 58.2 Å². The summed E-state index contributed by atoms with van der Waals surface area (Å²) in [7, 11) is 0. The van der Waals surface area contributed by atoms with Crippen molar-refractivity contribution in [2.45, 2.75) is 152 Å². The number of carboxylic acid groups (broad SMARTS) is 1. The van der Waals surface area contributed by atoms with Crippen LogP contribution >= 0.6 is 11.8 Å². The maximum absolute atomic E-state index is 14.6. The maximum Gasteiger partial charge on any atom is 0.325 e. The Bertz CT molecular complexity index is 2520. The zero-order valence-electron chi connectivity index (χ0n) is 46.2. The molecule has 9 amide bonds. The van der Waals surface area contributed by atoms with Gasteiger partial charge in [0.1, 0.15) is 48.3 Å². The zero-order valence-corrected chi connectivity index (χ0v) is 47.0. The number of nitrogens with one attached hydrogen (secondary N) is 7. The molecule has 3 heterocycles. The molecule has 1 aromatic carbocycles. The zero-order chi connectivity index (χ0) is 59.1. The number of thioether (sulfide) groups is 1. The van der Waals surface area contributed by atoms with Crippen molar-refractivity contribution in [3.05, 3.63) is 34.8 Å². The summed E-state index contributed by atoms with van der Waals surface area (Å²) in [6, 6.07) is -3.38. The van der Waals surface area contributed by atoms with E-state index < -0.39 is 127 Å². The molecule has 80 heavy (non-hydrogen) atoms. The van der Waals surface area contributed by atoms with E-state index in [2.05, 4.69) is 47.2 Å². The number of carbonyl (C=O) groups excluding carboxylic acids is 9. The number of aliphatic carboxylic acids is 1. The van der Waals surface area contributed by atoms with Crippen LogP contribution in [0.2, 0.25) is 0 Å². The second kappa shape index (κ2) is 33.0. The number of rotatable bonds is 33. The molecule has 0 bridgehead atoms. The van der Waals surface area contributed by atoms with Crippen molar-refractivity contribution in [2.75, 3.05) is 57.9 Å². The van der Waals surface area contributed by atoms with Crippen LogP contribution in [-0.2, 0) is 47.9 Å². The van der Waals surface area contributed by atoms with Crippen molar-refractivity contribution in [3.63, 3.8) is 0 Å². The Labute approximate surface area is 469 Å². The molecule has 17 N–H and O–H groups in total. The van der Waals surface area contributed by atoms with Crippen molar-refractivity contribution in [3.8, 4) is 0 Å². The van der Waals surface area contributed by atoms with Gasteiger partial charge >= 0.3 is 5.97 Å². The number of carbonyl (C=O) groups is 10. The minimum atomic E-state index is -1.41. The number of guanidine groups is 1. The molecule has 3 aliphatic heterocycles. The number of unbranched alkanes of at least 4 members (excludes halogenated alkanes) is 1. The van der Waals surface area contributed by atoms with Crippen molar-refractivity contribution in [1.82, 2.24) is 47.0 Å². The molecule has 27 nitrogen and oxygen atoms in total. The van der Waals surface area contributed by atoms with E-state index in [1.54, 1.807) is 12.1 Å². The third-order valence-electron chi connectivity index (χ3n) is 13.9. The molecule has 444 valence electrons. The Kier molecular flexibility index (Phi) is 27.1. The topological polar surface area (TPSA) is 431 Å². The number of amides is 9. The summed E-state index contributed by atoms with van der Waals surface area (Å²) in [4.78, 5) is 147. The summed E-state index contributed by atoms with van der Waals surface area (Å²) in [5.41, 5.74) is 23.6. The summed E-state index contributed by atoms with van der Waals surface area (Å²) in [6.45, 7) is 4.42. The summed E-state index contributed by atoms with van der Waals surface area (Å²) >= 11 is 1.49. The molecule has 2 saturated heterocycles. The molecule has 4 rings (SSSR count). The Balaban J connectivity index is 1.53. The van der Waals surface area contributed by atoms with Gasteiger partial charge in [-0.3, -0.25) is 57.9 Å². The molecule has 0 aliphatic carbocycles. The highest BCUT2D eigenvalue weighted by Gasteiger charge is 2.41. The average Bonchev–Trinajstić information content (AvgIpc) is 4.27. The van der Waals surface area contributed by atoms with Crippen molar-refractivity contribution in [2.24, 2.45) is 38.8 Å². The van der Waals surface area contributed by atoms with Crippen molar-refractivity contribution >= 4 is 82.4 Å². The number of aliphatic hydroxyl groups is 1. The van der Waals surface area contributed by atoms with Gasteiger partial charge in [-0.25, -0.2) is 0 Å². The lowest BCUT2D eigenvalue weighted by atomic mass is 10.0. The van der Waals surface area contributed by atoms with Gasteiger partial charge in [0.15, 0.2) is 5.96 Å². The Morgan fingerprint density at radius 1 is 0.738 bits per heavy atom. The lowest BCUT2D eigenvalue weighted by Crippen LogP contribution is -2.59. The number of nitrogens with two attached hydrogens (primary N) is 4. The van der Waals surface area contributed by atoms with Gasteiger partial charge < -0.3 is 80.2 Å². The highest BCUT2D eigenvalue weighted by molar-refractivity contribution is 7.98. The number of likely N-dealkylation sites (tertiary alicyclic amines) is 2. The number of fused-ring (bicyclic) bond motifs is 1. The molecule has 9 atom stereocenters. The quantitative estimate of drug-likeness (QED) is 0.0179. The summed E-state index contributed by atoms with van der Waals surface area (Å²) < 4.78 is 0. The lowest BCUT2D eigenvalue weighted by Gasteiger charge is -2.31. The molecule has 0 saturated carbocycles. The number of aliphatic imine (C=N–C) groups is 1. The van der Waals surface area contributed by atoms with Gasteiger partial charge in [-0.1, -0.05) is 32.0 Å². The highest BCUT2D eigenvalue weighted by Crippen LogP contribution is 2.23. The third kappa shape index (κ3) is 20.0. The third-order valence-corrected chi connectivity index (χ3v) is 14.5. The largest absolute Gasteiger partial charge is 0.480 e. The van der Waals surface area contributed by atoms with E-state index in [4.69, 9.17) is 22.9 Å². The van der Waals surface area contributed by atoms with Gasteiger partial charge in [0, 0.05) is 31.3 Å². The second-order valence-corrected chi connectivity index (χ2v) is 21.6. The second-order valence-electron chi connectivity index (χ2n) is 20.6. The first-order valence-corrected chi connectivity index (χ1v) is 28.6. The SMILES string of the molecule is CSCC[C@H](N)C(=O)N[C@@H](CO)C(=O)N[C@@H](CC(C)C)C(=O)N1CCC[C@H]1C(=O)NCC(=O)N[C@@H](CCCN=C(N)N)C(=O)N[C@@H](CC1=c2ccccc2=NC1)C(=O)N[C@@H](CCCCN)C(=O)N1CCC[C@H]1C(=O)N[C@@H](C)C(=O)O. The van der Waals surface area contributed by atoms with Crippen LogP contribution < -0.4 is 70.7 Å². The number of aliphatic hydroxyl groups excluding tert-OH is 1. The number of hydrogen-bond donors (Lipinski definition) is 13.